The number of nitrogens with zero attached hydrogens (tertiary/aromatic N) is 2. The largest absolute Gasteiger partial charge is 0.573 e. The van der Waals surface area contributed by atoms with Crippen LogP contribution in [0.15, 0.2) is 53.1 Å². The van der Waals surface area contributed by atoms with Gasteiger partial charge in [-0.05, 0) is 36.4 Å². The number of hydrogen-bond donors (Lipinski definition) is 0. The molecule has 136 valence electrons. The summed E-state index contributed by atoms with van der Waals surface area (Å²) in [6.07, 6.45) is -9.26. The molecule has 0 aliphatic heterocycles. The summed E-state index contributed by atoms with van der Waals surface area (Å²) in [4.78, 5) is 4.02. The van der Waals surface area contributed by atoms with E-state index in [0.29, 0.717) is 11.1 Å². The number of halogens is 6. The molecule has 0 radical (unpaired) electrons. The molecule has 1 aromatic heterocycles. The van der Waals surface area contributed by atoms with Gasteiger partial charge in [-0.25, -0.2) is 0 Å². The van der Waals surface area contributed by atoms with E-state index in [0.717, 1.165) is 24.3 Å². The van der Waals surface area contributed by atoms with E-state index < -0.39 is 23.9 Å². The first kappa shape index (κ1) is 17.8. The summed E-state index contributed by atoms with van der Waals surface area (Å²) < 4.78 is 82.8. The quantitative estimate of drug-likeness (QED) is 0.582. The van der Waals surface area contributed by atoms with E-state index in [4.69, 9.17) is 4.52 Å². The fraction of sp³-hybridized carbons (Fsp3) is 0.125. The predicted molar refractivity (Wildman–Crippen MR) is 76.9 cm³/mol. The molecular formula is C16H8F6N2O2. The van der Waals surface area contributed by atoms with Crippen LogP contribution in [0.25, 0.3) is 22.8 Å². The summed E-state index contributed by atoms with van der Waals surface area (Å²) in [5, 5.41) is 3.66. The highest BCUT2D eigenvalue weighted by Crippen LogP contribution is 2.31. The van der Waals surface area contributed by atoms with E-state index in [-0.39, 0.29) is 11.7 Å². The third kappa shape index (κ3) is 4.13. The number of rotatable bonds is 3. The summed E-state index contributed by atoms with van der Waals surface area (Å²) in [7, 11) is 0. The van der Waals surface area contributed by atoms with Crippen molar-refractivity contribution >= 4 is 0 Å². The second kappa shape index (κ2) is 6.36. The van der Waals surface area contributed by atoms with Gasteiger partial charge >= 0.3 is 12.5 Å². The molecule has 3 rings (SSSR count). The van der Waals surface area contributed by atoms with E-state index in [1.165, 1.54) is 24.3 Å². The highest BCUT2D eigenvalue weighted by molar-refractivity contribution is 5.60. The average molecular weight is 374 g/mol. The molecule has 2 aromatic carbocycles. The van der Waals surface area contributed by atoms with Gasteiger partial charge in [0.15, 0.2) is 0 Å². The zero-order valence-electron chi connectivity index (χ0n) is 12.6. The van der Waals surface area contributed by atoms with E-state index in [1.54, 1.807) is 0 Å². The Morgan fingerprint density at radius 2 is 1.35 bits per heavy atom. The minimum Gasteiger partial charge on any atom is -0.406 e. The Labute approximate surface area is 142 Å². The maximum atomic E-state index is 12.6. The fourth-order valence-corrected chi connectivity index (χ4v) is 2.07. The van der Waals surface area contributed by atoms with Crippen LogP contribution in [0.1, 0.15) is 5.56 Å². The number of hydrogen-bond acceptors (Lipinski definition) is 4. The molecule has 0 unspecified atom stereocenters. The summed E-state index contributed by atoms with van der Waals surface area (Å²) >= 11 is 0. The van der Waals surface area contributed by atoms with Crippen LogP contribution in [0.2, 0.25) is 0 Å². The maximum Gasteiger partial charge on any atom is 0.573 e. The van der Waals surface area contributed by atoms with Crippen molar-refractivity contribution in [3.63, 3.8) is 0 Å². The molecule has 0 amide bonds. The summed E-state index contributed by atoms with van der Waals surface area (Å²) in [6, 6.07) is 8.87. The van der Waals surface area contributed by atoms with Gasteiger partial charge in [0, 0.05) is 11.1 Å². The second-order valence-electron chi connectivity index (χ2n) is 5.07. The standard InChI is InChI=1S/C16H8F6N2O2/c17-15(18,19)11-5-1-9(2-6-11)13-23-14(26-24-13)10-3-7-12(8-4-10)25-16(20,21)22/h1-8H. The van der Waals surface area contributed by atoms with Crippen molar-refractivity contribution in [3.8, 4) is 28.6 Å². The zero-order valence-corrected chi connectivity index (χ0v) is 12.6. The highest BCUT2D eigenvalue weighted by atomic mass is 19.4. The normalized spacial score (nSPS) is 12.2. The van der Waals surface area contributed by atoms with E-state index in [1.807, 2.05) is 0 Å². The van der Waals surface area contributed by atoms with Crippen molar-refractivity contribution in [3.05, 3.63) is 54.1 Å². The van der Waals surface area contributed by atoms with Crippen molar-refractivity contribution in [2.24, 2.45) is 0 Å². The molecule has 4 nitrogen and oxygen atoms in total. The van der Waals surface area contributed by atoms with Crippen LogP contribution in [-0.2, 0) is 6.18 Å². The smallest absolute Gasteiger partial charge is 0.406 e. The average Bonchev–Trinajstić information content (AvgIpc) is 3.03. The van der Waals surface area contributed by atoms with Crippen molar-refractivity contribution < 1.29 is 35.6 Å². The van der Waals surface area contributed by atoms with Gasteiger partial charge in [-0.15, -0.1) is 13.2 Å². The van der Waals surface area contributed by atoms with Crippen molar-refractivity contribution in [2.45, 2.75) is 12.5 Å². The number of alkyl halides is 6. The first-order valence-electron chi connectivity index (χ1n) is 6.99. The van der Waals surface area contributed by atoms with Crippen LogP contribution in [0, 0.1) is 0 Å². The molecule has 0 aliphatic carbocycles. The Kier molecular flexibility index (Phi) is 4.34. The molecule has 10 heteroatoms. The molecule has 0 fully saturated rings. The predicted octanol–water partition coefficient (Wildman–Crippen LogP) is 5.32. The van der Waals surface area contributed by atoms with E-state index in [9.17, 15) is 26.3 Å². The van der Waals surface area contributed by atoms with Gasteiger partial charge in [0.05, 0.1) is 5.56 Å². The second-order valence-corrected chi connectivity index (χ2v) is 5.07. The molecule has 0 aliphatic rings. The van der Waals surface area contributed by atoms with Crippen LogP contribution < -0.4 is 4.74 Å². The summed E-state index contributed by atoms with van der Waals surface area (Å²) in [5.74, 6) is -0.369. The number of benzene rings is 2. The molecule has 3 aromatic rings. The molecule has 26 heavy (non-hydrogen) atoms. The van der Waals surface area contributed by atoms with Crippen molar-refractivity contribution in [2.75, 3.05) is 0 Å². The summed E-state index contributed by atoms with van der Waals surface area (Å²) in [6.45, 7) is 0. The molecule has 0 N–H and O–H groups in total. The third-order valence-corrected chi connectivity index (χ3v) is 3.23. The van der Waals surface area contributed by atoms with E-state index in [2.05, 4.69) is 14.9 Å². The first-order chi connectivity index (χ1) is 12.1. The van der Waals surface area contributed by atoms with Gasteiger partial charge in [-0.1, -0.05) is 17.3 Å². The van der Waals surface area contributed by atoms with Crippen LogP contribution in [0.3, 0.4) is 0 Å². The van der Waals surface area contributed by atoms with Gasteiger partial charge in [0.1, 0.15) is 5.75 Å². The van der Waals surface area contributed by atoms with Gasteiger partial charge in [0.2, 0.25) is 5.82 Å². The molecular weight excluding hydrogens is 366 g/mol. The Balaban J connectivity index is 1.79. The summed E-state index contributed by atoms with van der Waals surface area (Å²) in [5.41, 5.74) is -0.194. The molecule has 0 bridgehead atoms. The first-order valence-corrected chi connectivity index (χ1v) is 6.99. The number of ether oxygens (including phenoxy) is 1. The van der Waals surface area contributed by atoms with Gasteiger partial charge in [-0.3, -0.25) is 0 Å². The highest BCUT2D eigenvalue weighted by Gasteiger charge is 2.31. The molecule has 1 heterocycles. The Morgan fingerprint density at radius 3 is 1.88 bits per heavy atom. The van der Waals surface area contributed by atoms with E-state index >= 15 is 0 Å². The fourth-order valence-electron chi connectivity index (χ4n) is 2.07. The topological polar surface area (TPSA) is 48.2 Å². The van der Waals surface area contributed by atoms with Crippen LogP contribution in [0.5, 0.6) is 5.75 Å². The zero-order chi connectivity index (χ0) is 18.9. The lowest BCUT2D eigenvalue weighted by Crippen LogP contribution is -2.16. The van der Waals surface area contributed by atoms with Crippen LogP contribution in [0.4, 0.5) is 26.3 Å². The lowest BCUT2D eigenvalue weighted by atomic mass is 10.1. The van der Waals surface area contributed by atoms with Crippen LogP contribution in [-0.4, -0.2) is 16.5 Å². The lowest BCUT2D eigenvalue weighted by Gasteiger charge is -2.08. The maximum absolute atomic E-state index is 12.6. The minimum atomic E-state index is -4.80. The molecule has 0 saturated carbocycles. The SMILES string of the molecule is FC(F)(F)Oc1ccc(-c2nc(-c3ccc(C(F)(F)F)cc3)no2)cc1. The molecule has 0 atom stereocenters. The van der Waals surface area contributed by atoms with Crippen LogP contribution >= 0.6 is 0 Å². The van der Waals surface area contributed by atoms with Crippen molar-refractivity contribution in [1.29, 1.82) is 0 Å². The number of aromatic nitrogens is 2. The van der Waals surface area contributed by atoms with Gasteiger partial charge in [0.25, 0.3) is 5.89 Å². The minimum absolute atomic E-state index is 0.00143. The molecule has 0 saturated heterocycles. The van der Waals surface area contributed by atoms with Gasteiger partial charge < -0.3 is 9.26 Å². The van der Waals surface area contributed by atoms with Crippen molar-refractivity contribution in [1.82, 2.24) is 10.1 Å². The lowest BCUT2D eigenvalue weighted by molar-refractivity contribution is -0.274. The monoisotopic (exact) mass is 374 g/mol. The third-order valence-electron chi connectivity index (χ3n) is 3.23. The Morgan fingerprint density at radius 1 is 0.769 bits per heavy atom. The Hall–Kier alpha value is -3.04. The Bertz CT molecular complexity index is 883. The molecule has 0 spiro atoms. The van der Waals surface area contributed by atoms with Gasteiger partial charge in [-0.2, -0.15) is 18.2 Å².